The summed E-state index contributed by atoms with van der Waals surface area (Å²) in [5.74, 6) is 1.49. The van der Waals surface area contributed by atoms with Gasteiger partial charge in [-0.3, -0.25) is 4.79 Å². The van der Waals surface area contributed by atoms with Gasteiger partial charge in [0.25, 0.3) is 0 Å². The van der Waals surface area contributed by atoms with E-state index in [2.05, 4.69) is 23.5 Å². The number of aliphatic hydroxyl groups excluding tert-OH is 1. The zero-order valence-corrected chi connectivity index (χ0v) is 25.3. The molecule has 0 bridgehead atoms. The molecule has 0 aliphatic heterocycles. The van der Waals surface area contributed by atoms with Crippen molar-refractivity contribution < 1.29 is 33.6 Å². The Morgan fingerprint density at radius 2 is 1.53 bits per heavy atom. The number of aliphatic hydroxyl groups is 1. The van der Waals surface area contributed by atoms with Crippen LogP contribution in [0.2, 0.25) is 0 Å². The normalized spacial score (nSPS) is 11.9. The molecule has 0 unspecified atom stereocenters. The molecular formula is C33H36N2O7S. The third-order valence-electron chi connectivity index (χ3n) is 6.33. The van der Waals surface area contributed by atoms with Crippen molar-refractivity contribution in [3.05, 3.63) is 101 Å². The van der Waals surface area contributed by atoms with E-state index in [-0.39, 0.29) is 30.5 Å². The van der Waals surface area contributed by atoms with Gasteiger partial charge in [-0.05, 0) is 98.4 Å². The van der Waals surface area contributed by atoms with Crippen LogP contribution in [0.4, 0.5) is 0 Å². The maximum atomic E-state index is 12.0. The molecule has 0 radical (unpaired) electrons. The van der Waals surface area contributed by atoms with E-state index >= 15 is 0 Å². The second-order valence-corrected chi connectivity index (χ2v) is 11.2. The lowest BCUT2D eigenvalue weighted by Crippen LogP contribution is -2.46. The van der Waals surface area contributed by atoms with Gasteiger partial charge < -0.3 is 29.4 Å². The van der Waals surface area contributed by atoms with Crippen molar-refractivity contribution in [2.45, 2.75) is 45.3 Å². The van der Waals surface area contributed by atoms with Gasteiger partial charge in [-0.1, -0.05) is 24.3 Å². The van der Waals surface area contributed by atoms with Crippen molar-refractivity contribution >= 4 is 23.5 Å². The minimum absolute atomic E-state index is 0.126. The van der Waals surface area contributed by atoms with Gasteiger partial charge in [0, 0.05) is 23.5 Å². The quantitative estimate of drug-likeness (QED) is 0.167. The van der Waals surface area contributed by atoms with Crippen molar-refractivity contribution in [3.63, 3.8) is 0 Å². The number of carbonyl (C=O) groups is 2. The number of nitrogens with zero attached hydrogens (tertiary/aromatic N) is 1. The van der Waals surface area contributed by atoms with Gasteiger partial charge in [0.2, 0.25) is 5.88 Å². The summed E-state index contributed by atoms with van der Waals surface area (Å²) >= 11 is 1.22. The number of carbonyl (C=O) groups excluding carboxylic acids is 2. The van der Waals surface area contributed by atoms with E-state index in [0.717, 1.165) is 17.5 Å². The first kappa shape index (κ1) is 31.7. The Balaban J connectivity index is 1.17. The molecule has 0 saturated heterocycles. The second-order valence-electron chi connectivity index (χ2n) is 10.5. The van der Waals surface area contributed by atoms with Crippen molar-refractivity contribution in [3.8, 4) is 23.1 Å². The highest BCUT2D eigenvalue weighted by Gasteiger charge is 2.20. The highest BCUT2D eigenvalue weighted by Crippen LogP contribution is 2.24. The molecule has 0 aliphatic carbocycles. The van der Waals surface area contributed by atoms with Gasteiger partial charge in [-0.25, -0.2) is 4.79 Å². The first-order chi connectivity index (χ1) is 20.7. The third kappa shape index (κ3) is 10.5. The largest absolute Gasteiger partial charge is 0.491 e. The molecule has 4 rings (SSSR count). The Morgan fingerprint density at radius 1 is 0.907 bits per heavy atom. The number of β-amino-alcohol motifs (C(OH)–C–C–N with tert-alkyl or cyclic N) is 1. The molecule has 2 N–H and O–H groups in total. The van der Waals surface area contributed by atoms with E-state index in [9.17, 15) is 14.7 Å². The van der Waals surface area contributed by atoms with Crippen molar-refractivity contribution in [1.29, 1.82) is 0 Å². The predicted molar refractivity (Wildman–Crippen MR) is 164 cm³/mol. The SMILES string of the molecule is CCOC(=O)c1ccc(Oc2ccc(CC(C)(C)NC[C@H](O)COc3ccc(CC(=O)Oc4ccsn4)cc3)cc2)cc1. The number of hydrogen-bond donors (Lipinski definition) is 2. The van der Waals surface area contributed by atoms with Gasteiger partial charge in [-0.15, -0.1) is 0 Å². The average molecular weight is 605 g/mol. The van der Waals surface area contributed by atoms with Crippen LogP contribution in [0.5, 0.6) is 23.1 Å². The molecule has 3 aromatic carbocycles. The van der Waals surface area contributed by atoms with Crippen LogP contribution in [-0.2, 0) is 22.4 Å². The zero-order valence-electron chi connectivity index (χ0n) is 24.4. The molecule has 43 heavy (non-hydrogen) atoms. The van der Waals surface area contributed by atoms with Crippen LogP contribution in [0.1, 0.15) is 42.3 Å². The van der Waals surface area contributed by atoms with E-state index in [1.807, 2.05) is 24.3 Å². The van der Waals surface area contributed by atoms with Gasteiger partial charge in [0.1, 0.15) is 30.0 Å². The maximum Gasteiger partial charge on any atom is 0.338 e. The topological polar surface area (TPSA) is 116 Å². The van der Waals surface area contributed by atoms with E-state index in [1.54, 1.807) is 66.9 Å². The van der Waals surface area contributed by atoms with Crippen molar-refractivity contribution in [2.24, 2.45) is 0 Å². The lowest BCUT2D eigenvalue weighted by molar-refractivity contribution is -0.133. The summed E-state index contributed by atoms with van der Waals surface area (Å²) in [6, 6.07) is 23.4. The minimum Gasteiger partial charge on any atom is -0.491 e. The monoisotopic (exact) mass is 604 g/mol. The number of rotatable bonds is 15. The molecular weight excluding hydrogens is 568 g/mol. The molecule has 1 heterocycles. The van der Waals surface area contributed by atoms with Crippen molar-refractivity contribution in [2.75, 3.05) is 19.8 Å². The number of esters is 2. The predicted octanol–water partition coefficient (Wildman–Crippen LogP) is 5.61. The number of ether oxygens (including phenoxy) is 4. The molecule has 1 aromatic heterocycles. The maximum absolute atomic E-state index is 12.0. The number of benzene rings is 3. The molecule has 0 fully saturated rings. The summed E-state index contributed by atoms with van der Waals surface area (Å²) in [5.41, 5.74) is 2.11. The molecule has 0 saturated carbocycles. The number of aromatic nitrogens is 1. The fourth-order valence-electron chi connectivity index (χ4n) is 4.18. The Labute approximate surface area is 255 Å². The van der Waals surface area contributed by atoms with E-state index in [0.29, 0.717) is 41.8 Å². The fourth-order valence-corrected chi connectivity index (χ4v) is 4.62. The van der Waals surface area contributed by atoms with Crippen LogP contribution in [0, 0.1) is 0 Å². The molecule has 9 nitrogen and oxygen atoms in total. The second kappa shape index (κ2) is 15.3. The van der Waals surface area contributed by atoms with Crippen LogP contribution in [0.3, 0.4) is 0 Å². The highest BCUT2D eigenvalue weighted by atomic mass is 32.1. The van der Waals surface area contributed by atoms with E-state index in [4.69, 9.17) is 18.9 Å². The molecule has 10 heteroatoms. The average Bonchev–Trinajstić information content (AvgIpc) is 3.50. The Bertz CT molecular complexity index is 1440. The smallest absolute Gasteiger partial charge is 0.338 e. The van der Waals surface area contributed by atoms with Gasteiger partial charge in [-0.2, -0.15) is 4.37 Å². The van der Waals surface area contributed by atoms with Crippen LogP contribution in [-0.4, -0.2) is 52.8 Å². The Hall–Kier alpha value is -4.25. The van der Waals surface area contributed by atoms with Gasteiger partial charge >= 0.3 is 11.9 Å². The van der Waals surface area contributed by atoms with Crippen LogP contribution >= 0.6 is 11.5 Å². The number of nitrogens with one attached hydrogen (secondary N) is 1. The van der Waals surface area contributed by atoms with Gasteiger partial charge in [0.15, 0.2) is 0 Å². The Morgan fingerprint density at radius 3 is 2.16 bits per heavy atom. The third-order valence-corrected chi connectivity index (χ3v) is 6.88. The molecule has 226 valence electrons. The van der Waals surface area contributed by atoms with E-state index < -0.39 is 6.10 Å². The molecule has 0 amide bonds. The summed E-state index contributed by atoms with van der Waals surface area (Å²) < 4.78 is 25.8. The lowest BCUT2D eigenvalue weighted by atomic mass is 9.94. The minimum atomic E-state index is -0.710. The summed E-state index contributed by atoms with van der Waals surface area (Å²) in [4.78, 5) is 23.8. The zero-order chi connectivity index (χ0) is 30.7. The summed E-state index contributed by atoms with van der Waals surface area (Å²) in [6.07, 6.45) is 0.154. The summed E-state index contributed by atoms with van der Waals surface area (Å²) in [7, 11) is 0. The van der Waals surface area contributed by atoms with Crippen molar-refractivity contribution in [1.82, 2.24) is 9.69 Å². The van der Waals surface area contributed by atoms with Crippen LogP contribution in [0.25, 0.3) is 0 Å². The molecule has 0 spiro atoms. The standard InChI is InChI=1S/C33H36N2O7S/c1-4-39-32(38)25-9-15-29(16-10-25)41-28-13-7-24(8-14-28)20-33(2,3)34-21-26(36)22-40-27-11-5-23(6-12-27)19-31(37)42-30-17-18-43-35-30/h5-18,26,34,36H,4,19-22H2,1-3H3/t26-/m0/s1. The summed E-state index contributed by atoms with van der Waals surface area (Å²) in [5, 5.41) is 15.7. The van der Waals surface area contributed by atoms with Crippen LogP contribution in [0.15, 0.2) is 84.2 Å². The molecule has 1 atom stereocenters. The first-order valence-corrected chi connectivity index (χ1v) is 14.8. The Kier molecular flexibility index (Phi) is 11.3. The highest BCUT2D eigenvalue weighted by molar-refractivity contribution is 7.03. The number of hydrogen-bond acceptors (Lipinski definition) is 10. The molecule has 0 aliphatic rings. The van der Waals surface area contributed by atoms with E-state index in [1.165, 1.54) is 11.5 Å². The fraction of sp³-hybridized carbons (Fsp3) is 0.303. The van der Waals surface area contributed by atoms with Gasteiger partial charge in [0.05, 0.1) is 18.6 Å². The first-order valence-electron chi connectivity index (χ1n) is 14.0. The molecule has 4 aromatic rings. The van der Waals surface area contributed by atoms with Crippen LogP contribution < -0.4 is 19.5 Å². The summed E-state index contributed by atoms with van der Waals surface area (Å²) in [6.45, 7) is 6.74. The lowest BCUT2D eigenvalue weighted by Gasteiger charge is -2.28.